The number of hydrogen-bond donors (Lipinski definition) is 0. The molecule has 23 heavy (non-hydrogen) atoms. The average molecular weight is 334 g/mol. The Morgan fingerprint density at radius 1 is 1.39 bits per heavy atom. The highest BCUT2D eigenvalue weighted by molar-refractivity contribution is 7.71. The van der Waals surface area contributed by atoms with Gasteiger partial charge in [0, 0.05) is 20.1 Å². The van der Waals surface area contributed by atoms with Gasteiger partial charge in [-0.25, -0.2) is 4.68 Å². The highest BCUT2D eigenvalue weighted by atomic mass is 32.1. The minimum absolute atomic E-state index is 0.215. The maximum Gasteiger partial charge on any atom is 0.309 e. The lowest BCUT2D eigenvalue weighted by Crippen LogP contribution is -2.34. The first kappa shape index (κ1) is 17.4. The summed E-state index contributed by atoms with van der Waals surface area (Å²) >= 11 is 5.34. The fourth-order valence-corrected chi connectivity index (χ4v) is 2.54. The van der Waals surface area contributed by atoms with Gasteiger partial charge in [0.25, 0.3) is 0 Å². The van der Waals surface area contributed by atoms with Gasteiger partial charge >= 0.3 is 5.97 Å². The van der Waals surface area contributed by atoms with E-state index in [0.29, 0.717) is 24.5 Å². The third-order valence-electron chi connectivity index (χ3n) is 3.61. The molecule has 0 aliphatic carbocycles. The Morgan fingerprint density at radius 3 is 2.65 bits per heavy atom. The zero-order valence-electron chi connectivity index (χ0n) is 13.7. The Labute approximate surface area is 141 Å². The summed E-state index contributed by atoms with van der Waals surface area (Å²) in [6, 6.07) is 10.1. The lowest BCUT2D eigenvalue weighted by Gasteiger charge is -2.24. The predicted octanol–water partition coefficient (Wildman–Crippen LogP) is 2.22. The van der Waals surface area contributed by atoms with Crippen molar-refractivity contribution in [3.05, 3.63) is 47.0 Å². The Hall–Kier alpha value is -1.99. The average Bonchev–Trinajstić information content (AvgIpc) is 2.87. The zero-order valence-corrected chi connectivity index (χ0v) is 14.5. The Balaban J connectivity index is 2.15. The number of nitrogens with zero attached hydrogens (tertiary/aromatic N) is 4. The molecule has 7 heteroatoms. The van der Waals surface area contributed by atoms with Gasteiger partial charge in [0.05, 0.1) is 19.7 Å². The van der Waals surface area contributed by atoms with Crippen molar-refractivity contribution in [2.24, 2.45) is 13.0 Å². The molecule has 0 saturated carbocycles. The predicted molar refractivity (Wildman–Crippen MR) is 90.1 cm³/mol. The molecule has 0 amide bonds. The number of aryl methyl sites for hydroxylation is 1. The monoisotopic (exact) mass is 334 g/mol. The lowest BCUT2D eigenvalue weighted by molar-refractivity contribution is -0.145. The van der Waals surface area contributed by atoms with Crippen LogP contribution in [0.15, 0.2) is 36.7 Å². The molecule has 0 fully saturated rings. The van der Waals surface area contributed by atoms with Crippen molar-refractivity contribution >= 4 is 18.2 Å². The molecular weight excluding hydrogens is 312 g/mol. The van der Waals surface area contributed by atoms with Crippen LogP contribution in [0.3, 0.4) is 0 Å². The molecule has 0 saturated heterocycles. The molecule has 0 radical (unpaired) electrons. The first-order chi connectivity index (χ1) is 11.0. The van der Waals surface area contributed by atoms with Gasteiger partial charge in [0.15, 0.2) is 4.77 Å². The number of methoxy groups -OCH3 is 1. The van der Waals surface area contributed by atoms with Crippen LogP contribution in [-0.2, 0) is 29.8 Å². The number of carbonyl (C=O) groups is 1. The number of aromatic nitrogens is 3. The van der Waals surface area contributed by atoms with E-state index in [0.717, 1.165) is 0 Å². The quantitative estimate of drug-likeness (QED) is 0.574. The summed E-state index contributed by atoms with van der Waals surface area (Å²) in [4.78, 5) is 13.9. The van der Waals surface area contributed by atoms with Gasteiger partial charge in [-0.05, 0) is 17.8 Å². The van der Waals surface area contributed by atoms with Crippen molar-refractivity contribution in [2.45, 2.75) is 20.1 Å². The third-order valence-corrected chi connectivity index (χ3v) is 4.10. The summed E-state index contributed by atoms with van der Waals surface area (Å²) in [7, 11) is 3.28. The van der Waals surface area contributed by atoms with Gasteiger partial charge < -0.3 is 9.30 Å². The standard InChI is InChI=1S/C16H22N4O2S/c1-13(15(21)22-3)9-19(10-14-7-5-4-6-8-14)12-20-16(23)18(2)11-17-20/h4-8,11,13H,9-10,12H2,1-3H3/t13-/m1/s1. The number of benzene rings is 1. The minimum atomic E-state index is -0.221. The number of rotatable bonds is 7. The normalized spacial score (nSPS) is 12.3. The van der Waals surface area contributed by atoms with Crippen molar-refractivity contribution in [3.8, 4) is 0 Å². The van der Waals surface area contributed by atoms with Crippen LogP contribution in [0.4, 0.5) is 0 Å². The van der Waals surface area contributed by atoms with Crippen molar-refractivity contribution in [1.29, 1.82) is 0 Å². The summed E-state index contributed by atoms with van der Waals surface area (Å²) in [5.41, 5.74) is 1.17. The SMILES string of the molecule is COC(=O)[C@H](C)CN(Cc1ccccc1)Cn1ncn(C)c1=S. The molecule has 0 aliphatic heterocycles. The van der Waals surface area contributed by atoms with E-state index in [4.69, 9.17) is 17.0 Å². The Bertz CT molecular complexity index is 696. The summed E-state index contributed by atoms with van der Waals surface area (Å²) in [6.45, 7) is 3.66. The fourth-order valence-electron chi connectivity index (χ4n) is 2.38. The largest absolute Gasteiger partial charge is 0.469 e. The third kappa shape index (κ3) is 4.74. The molecule has 124 valence electrons. The summed E-state index contributed by atoms with van der Waals surface area (Å²) in [6.07, 6.45) is 1.69. The molecule has 0 aliphatic rings. The Kier molecular flexibility index (Phi) is 6.06. The van der Waals surface area contributed by atoms with E-state index in [-0.39, 0.29) is 11.9 Å². The van der Waals surface area contributed by atoms with Crippen molar-refractivity contribution in [2.75, 3.05) is 13.7 Å². The molecule has 0 spiro atoms. The highest BCUT2D eigenvalue weighted by Crippen LogP contribution is 2.10. The smallest absolute Gasteiger partial charge is 0.309 e. The first-order valence-corrected chi connectivity index (χ1v) is 7.84. The lowest BCUT2D eigenvalue weighted by atomic mass is 10.1. The van der Waals surface area contributed by atoms with Crippen LogP contribution < -0.4 is 0 Å². The van der Waals surface area contributed by atoms with Gasteiger partial charge in [-0.2, -0.15) is 5.10 Å². The zero-order chi connectivity index (χ0) is 16.8. The molecule has 1 aromatic carbocycles. The van der Waals surface area contributed by atoms with E-state index in [1.165, 1.54) is 12.7 Å². The minimum Gasteiger partial charge on any atom is -0.469 e. The molecule has 0 unspecified atom stereocenters. The van der Waals surface area contributed by atoms with Crippen molar-refractivity contribution < 1.29 is 9.53 Å². The van der Waals surface area contributed by atoms with Crippen LogP contribution in [0.25, 0.3) is 0 Å². The highest BCUT2D eigenvalue weighted by Gasteiger charge is 2.18. The second kappa shape index (κ2) is 8.03. The molecular formula is C16H22N4O2S. The van der Waals surface area contributed by atoms with Crippen LogP contribution in [0, 0.1) is 10.7 Å². The first-order valence-electron chi connectivity index (χ1n) is 7.43. The number of carbonyl (C=O) groups excluding carboxylic acids is 1. The van der Waals surface area contributed by atoms with E-state index in [1.807, 2.05) is 32.2 Å². The molecule has 2 rings (SSSR count). The maximum atomic E-state index is 11.7. The molecule has 1 atom stereocenters. The molecule has 2 aromatic rings. The summed E-state index contributed by atoms with van der Waals surface area (Å²) in [5, 5.41) is 4.29. The second-order valence-corrected chi connectivity index (χ2v) is 5.95. The summed E-state index contributed by atoms with van der Waals surface area (Å²) < 4.78 is 9.02. The van der Waals surface area contributed by atoms with E-state index in [9.17, 15) is 4.79 Å². The van der Waals surface area contributed by atoms with Crippen LogP contribution in [0.5, 0.6) is 0 Å². The van der Waals surface area contributed by atoms with Crippen molar-refractivity contribution in [1.82, 2.24) is 19.2 Å². The topological polar surface area (TPSA) is 52.3 Å². The van der Waals surface area contributed by atoms with Gasteiger partial charge in [-0.1, -0.05) is 37.3 Å². The maximum absolute atomic E-state index is 11.7. The van der Waals surface area contributed by atoms with Gasteiger partial charge in [-0.3, -0.25) is 9.69 Å². The fraction of sp³-hybridized carbons (Fsp3) is 0.438. The van der Waals surface area contributed by atoms with Gasteiger partial charge in [0.1, 0.15) is 6.33 Å². The van der Waals surface area contributed by atoms with Gasteiger partial charge in [-0.15, -0.1) is 0 Å². The Morgan fingerprint density at radius 2 is 2.09 bits per heavy atom. The number of ether oxygens (including phenoxy) is 1. The van der Waals surface area contributed by atoms with Crippen LogP contribution in [0.2, 0.25) is 0 Å². The van der Waals surface area contributed by atoms with Crippen LogP contribution in [-0.4, -0.2) is 38.9 Å². The van der Waals surface area contributed by atoms with E-state index >= 15 is 0 Å². The van der Waals surface area contributed by atoms with Gasteiger partial charge in [0.2, 0.25) is 0 Å². The molecule has 1 aromatic heterocycles. The van der Waals surface area contributed by atoms with Crippen LogP contribution >= 0.6 is 12.2 Å². The number of hydrogen-bond acceptors (Lipinski definition) is 5. The molecule has 1 heterocycles. The summed E-state index contributed by atoms with van der Waals surface area (Å²) in [5.74, 6) is -0.436. The van der Waals surface area contributed by atoms with Crippen molar-refractivity contribution in [3.63, 3.8) is 0 Å². The molecule has 0 N–H and O–H groups in total. The van der Waals surface area contributed by atoms with E-state index < -0.39 is 0 Å². The van der Waals surface area contributed by atoms with E-state index in [2.05, 4.69) is 22.1 Å². The molecule has 6 nitrogen and oxygen atoms in total. The molecule has 0 bridgehead atoms. The number of esters is 1. The van der Waals surface area contributed by atoms with Crippen LogP contribution in [0.1, 0.15) is 12.5 Å². The second-order valence-electron chi connectivity index (χ2n) is 5.59. The van der Waals surface area contributed by atoms with E-state index in [1.54, 1.807) is 15.6 Å².